The summed E-state index contributed by atoms with van der Waals surface area (Å²) in [6.07, 6.45) is -0.518. The fraction of sp³-hybridized carbons (Fsp3) is 0.600. The third-order valence-corrected chi connectivity index (χ3v) is 3.47. The zero-order valence-corrected chi connectivity index (χ0v) is 14.3. The van der Waals surface area contributed by atoms with E-state index in [0.29, 0.717) is 17.1 Å². The minimum atomic E-state index is -0.612. The molecule has 0 unspecified atom stereocenters. The van der Waals surface area contributed by atoms with Crippen LogP contribution in [0.25, 0.3) is 0 Å². The van der Waals surface area contributed by atoms with Crippen LogP contribution in [0.2, 0.25) is 0 Å². The van der Waals surface area contributed by atoms with E-state index in [4.69, 9.17) is 14.0 Å². The monoisotopic (exact) mass is 306 g/mol. The first kappa shape index (κ1) is 16.6. The average molecular weight is 306 g/mol. The Bertz CT molecular complexity index is 628. The van der Waals surface area contributed by atoms with Gasteiger partial charge in [0, 0.05) is 11.2 Å². The Morgan fingerprint density at radius 3 is 2.41 bits per heavy atom. The molecule has 2 rings (SSSR count). The van der Waals surface area contributed by atoms with Crippen LogP contribution in [-0.2, 0) is 14.0 Å². The van der Waals surface area contributed by atoms with Crippen LogP contribution in [0.3, 0.4) is 0 Å². The quantitative estimate of drug-likeness (QED) is 0.745. The lowest BCUT2D eigenvalue weighted by Crippen LogP contribution is -2.37. The molecule has 0 bridgehead atoms. The number of carbonyl (C=O) groups is 1. The Hall–Kier alpha value is -1.76. The number of aryl methyl sites for hydroxylation is 1. The van der Waals surface area contributed by atoms with E-state index >= 15 is 0 Å². The molecule has 7 heteroatoms. The smallest absolute Gasteiger partial charge is 0.534 e. The Labute approximate surface area is 131 Å². The summed E-state index contributed by atoms with van der Waals surface area (Å²) < 4.78 is 18.2. The molecule has 2 heterocycles. The number of rotatable bonds is 1. The van der Waals surface area contributed by atoms with Crippen LogP contribution >= 0.6 is 0 Å². The standard InChI is InChI=1S/C15H23BN2O4/c1-9-12(16-21-11(3)15(7,8)22-16)10(2)18(17-9)13(19)20-14(4,5)6/h3H2,1-2,4-8H3. The van der Waals surface area contributed by atoms with Crippen molar-refractivity contribution in [3.05, 3.63) is 23.7 Å². The third kappa shape index (κ3) is 3.04. The van der Waals surface area contributed by atoms with E-state index in [1.807, 2.05) is 41.5 Å². The van der Waals surface area contributed by atoms with E-state index < -0.39 is 24.4 Å². The zero-order chi connectivity index (χ0) is 16.9. The molecule has 0 radical (unpaired) electrons. The van der Waals surface area contributed by atoms with E-state index in [-0.39, 0.29) is 0 Å². The molecule has 120 valence electrons. The van der Waals surface area contributed by atoms with Gasteiger partial charge in [-0.1, -0.05) is 6.58 Å². The van der Waals surface area contributed by atoms with Gasteiger partial charge in [-0.15, -0.1) is 0 Å². The van der Waals surface area contributed by atoms with E-state index in [0.717, 1.165) is 5.46 Å². The summed E-state index contributed by atoms with van der Waals surface area (Å²) in [5.41, 5.74) is 0.885. The van der Waals surface area contributed by atoms with Crippen molar-refractivity contribution in [3.63, 3.8) is 0 Å². The predicted octanol–water partition coefficient (Wildman–Crippen LogP) is 2.32. The molecular formula is C15H23BN2O4. The maximum Gasteiger partial charge on any atom is 0.567 e. The average Bonchev–Trinajstić information content (AvgIpc) is 2.74. The minimum Gasteiger partial charge on any atom is -0.534 e. The molecule has 1 fully saturated rings. The second kappa shape index (κ2) is 5.16. The van der Waals surface area contributed by atoms with Crippen molar-refractivity contribution in [2.24, 2.45) is 0 Å². The fourth-order valence-electron chi connectivity index (χ4n) is 2.23. The van der Waals surface area contributed by atoms with Gasteiger partial charge < -0.3 is 14.0 Å². The van der Waals surface area contributed by atoms with Gasteiger partial charge in [-0.2, -0.15) is 9.78 Å². The normalized spacial score (nSPS) is 17.6. The Morgan fingerprint density at radius 1 is 1.36 bits per heavy atom. The van der Waals surface area contributed by atoms with Gasteiger partial charge >= 0.3 is 13.2 Å². The molecule has 1 aromatic rings. The maximum absolute atomic E-state index is 12.2. The first-order valence-electron chi connectivity index (χ1n) is 7.26. The molecule has 1 saturated heterocycles. The number of aromatic nitrogens is 2. The van der Waals surface area contributed by atoms with Gasteiger partial charge in [-0.05, 0) is 48.5 Å². The number of nitrogens with zero attached hydrogens (tertiary/aromatic N) is 2. The Balaban J connectivity index is 2.33. The molecule has 1 aliphatic rings. The lowest BCUT2D eigenvalue weighted by molar-refractivity contribution is 0.0511. The lowest BCUT2D eigenvalue weighted by atomic mass is 9.77. The van der Waals surface area contributed by atoms with Crippen LogP contribution in [0.15, 0.2) is 12.3 Å². The molecule has 22 heavy (non-hydrogen) atoms. The molecule has 1 aromatic heterocycles. The van der Waals surface area contributed by atoms with Crippen molar-refractivity contribution in [1.82, 2.24) is 9.78 Å². The largest absolute Gasteiger partial charge is 0.567 e. The molecule has 1 aliphatic heterocycles. The van der Waals surface area contributed by atoms with E-state index in [1.165, 1.54) is 4.68 Å². The van der Waals surface area contributed by atoms with Gasteiger partial charge in [0.05, 0.1) is 11.5 Å². The van der Waals surface area contributed by atoms with Crippen molar-refractivity contribution < 1.29 is 18.8 Å². The first-order chi connectivity index (χ1) is 9.92. The van der Waals surface area contributed by atoms with Crippen LogP contribution in [0.5, 0.6) is 0 Å². The zero-order valence-electron chi connectivity index (χ0n) is 14.3. The summed E-state index contributed by atoms with van der Waals surface area (Å²) in [7, 11) is -0.612. The second-order valence-electron chi connectivity index (χ2n) is 6.98. The Morgan fingerprint density at radius 2 is 1.95 bits per heavy atom. The summed E-state index contributed by atoms with van der Waals surface area (Å²) in [5.74, 6) is 0.557. The van der Waals surface area contributed by atoms with Crippen LogP contribution in [-0.4, -0.2) is 34.2 Å². The van der Waals surface area contributed by atoms with Crippen molar-refractivity contribution >= 4 is 18.7 Å². The molecule has 6 nitrogen and oxygen atoms in total. The molecule has 0 amide bonds. The van der Waals surface area contributed by atoms with Gasteiger partial charge in [-0.3, -0.25) is 0 Å². The van der Waals surface area contributed by atoms with Crippen molar-refractivity contribution in [2.75, 3.05) is 0 Å². The number of hydrogen-bond donors (Lipinski definition) is 0. The highest BCUT2D eigenvalue weighted by molar-refractivity contribution is 6.63. The van der Waals surface area contributed by atoms with Crippen LogP contribution in [0.1, 0.15) is 46.0 Å². The second-order valence-corrected chi connectivity index (χ2v) is 6.98. The van der Waals surface area contributed by atoms with E-state index in [1.54, 1.807) is 6.92 Å². The van der Waals surface area contributed by atoms with Gasteiger partial charge in [0.1, 0.15) is 11.2 Å². The molecule has 0 N–H and O–H groups in total. The van der Waals surface area contributed by atoms with Crippen LogP contribution in [0, 0.1) is 13.8 Å². The summed E-state index contributed by atoms with van der Waals surface area (Å²) in [4.78, 5) is 12.2. The summed E-state index contributed by atoms with van der Waals surface area (Å²) in [5, 5.41) is 4.26. The summed E-state index contributed by atoms with van der Waals surface area (Å²) in [6.45, 7) is 16.7. The molecule has 0 aromatic carbocycles. The fourth-order valence-corrected chi connectivity index (χ4v) is 2.23. The number of carbonyl (C=O) groups excluding carboxylic acids is 1. The minimum absolute atomic E-state index is 0.518. The van der Waals surface area contributed by atoms with Crippen molar-refractivity contribution in [3.8, 4) is 0 Å². The molecule has 0 atom stereocenters. The van der Waals surface area contributed by atoms with Gasteiger partial charge in [0.2, 0.25) is 0 Å². The van der Waals surface area contributed by atoms with Crippen LogP contribution < -0.4 is 5.46 Å². The van der Waals surface area contributed by atoms with Crippen LogP contribution in [0.4, 0.5) is 4.79 Å². The predicted molar refractivity (Wildman–Crippen MR) is 84.1 cm³/mol. The SMILES string of the molecule is C=C1OB(c2c(C)nn(C(=O)OC(C)(C)C)c2C)OC1(C)C. The highest BCUT2D eigenvalue weighted by Gasteiger charge is 2.45. The third-order valence-electron chi connectivity index (χ3n) is 3.47. The first-order valence-corrected chi connectivity index (χ1v) is 7.26. The Kier molecular flexibility index (Phi) is 3.89. The van der Waals surface area contributed by atoms with Crippen molar-refractivity contribution in [2.45, 2.75) is 59.7 Å². The topological polar surface area (TPSA) is 62.6 Å². The lowest BCUT2D eigenvalue weighted by Gasteiger charge is -2.19. The molecule has 0 spiro atoms. The van der Waals surface area contributed by atoms with Gasteiger partial charge in [0.25, 0.3) is 0 Å². The molecule has 0 saturated carbocycles. The van der Waals surface area contributed by atoms with Gasteiger partial charge in [0.15, 0.2) is 0 Å². The van der Waals surface area contributed by atoms with E-state index in [9.17, 15) is 4.79 Å². The highest BCUT2D eigenvalue weighted by atomic mass is 16.7. The van der Waals surface area contributed by atoms with Crippen molar-refractivity contribution in [1.29, 1.82) is 0 Å². The van der Waals surface area contributed by atoms with E-state index in [2.05, 4.69) is 11.7 Å². The van der Waals surface area contributed by atoms with Gasteiger partial charge in [-0.25, -0.2) is 4.79 Å². The highest BCUT2D eigenvalue weighted by Crippen LogP contribution is 2.29. The molecular weight excluding hydrogens is 283 g/mol. The molecule has 0 aliphatic carbocycles. The number of hydrogen-bond acceptors (Lipinski definition) is 5. The maximum atomic E-state index is 12.2. The summed E-state index contributed by atoms with van der Waals surface area (Å²) >= 11 is 0. The number of ether oxygens (including phenoxy) is 1. The summed E-state index contributed by atoms with van der Waals surface area (Å²) in [6, 6.07) is 0.